The lowest BCUT2D eigenvalue weighted by molar-refractivity contribution is -0.137. The van der Waals surface area contributed by atoms with Gasteiger partial charge in [0.05, 0.1) is 17.9 Å². The van der Waals surface area contributed by atoms with Crippen LogP contribution in [0.15, 0.2) is 42.6 Å². The summed E-state index contributed by atoms with van der Waals surface area (Å²) in [5.74, 6) is -0.0119. The Labute approximate surface area is 200 Å². The smallest absolute Gasteiger partial charge is 0.416 e. The maximum absolute atomic E-state index is 13.0. The number of hydrogen-bond donors (Lipinski definition) is 1. The average Bonchev–Trinajstić information content (AvgIpc) is 2.86. The molecule has 0 bridgehead atoms. The predicted molar refractivity (Wildman–Crippen MR) is 123 cm³/mol. The molecule has 3 aromatic rings. The van der Waals surface area contributed by atoms with Crippen molar-refractivity contribution in [2.75, 3.05) is 25.1 Å². The van der Waals surface area contributed by atoms with Gasteiger partial charge >= 0.3 is 6.18 Å². The number of aryl methyl sites for hydroxylation is 1. The Kier molecular flexibility index (Phi) is 7.30. The largest absolute Gasteiger partial charge is 0.477 e. The maximum Gasteiger partial charge on any atom is 0.416 e. The molecule has 0 saturated carbocycles. The monoisotopic (exact) mass is 486 g/mol. The zero-order valence-corrected chi connectivity index (χ0v) is 19.4. The molecular formula is C25H25F3N4O3. The highest BCUT2D eigenvalue weighted by Gasteiger charge is 2.31. The molecule has 2 aromatic heterocycles. The van der Waals surface area contributed by atoms with Gasteiger partial charge in [0, 0.05) is 36.2 Å². The number of alkyl halides is 3. The second kappa shape index (κ2) is 10.4. The van der Waals surface area contributed by atoms with Crippen LogP contribution in [0.5, 0.6) is 5.88 Å². The van der Waals surface area contributed by atoms with Crippen molar-refractivity contribution in [1.82, 2.24) is 15.2 Å². The van der Waals surface area contributed by atoms with E-state index in [-0.39, 0.29) is 11.6 Å². The van der Waals surface area contributed by atoms with Gasteiger partial charge in [-0.15, -0.1) is 10.2 Å². The summed E-state index contributed by atoms with van der Waals surface area (Å²) in [7, 11) is 0. The van der Waals surface area contributed by atoms with Crippen LogP contribution < -0.4 is 10.1 Å². The summed E-state index contributed by atoms with van der Waals surface area (Å²) in [6, 6.07) is 8.70. The first-order valence-electron chi connectivity index (χ1n) is 11.3. The van der Waals surface area contributed by atoms with Crippen LogP contribution in [0, 0.1) is 6.92 Å². The highest BCUT2D eigenvalue weighted by molar-refractivity contribution is 6.03. The van der Waals surface area contributed by atoms with Crippen LogP contribution in [0.25, 0.3) is 11.3 Å². The number of nitrogens with zero attached hydrogens (tertiary/aromatic N) is 3. The Morgan fingerprint density at radius 1 is 1.14 bits per heavy atom. The Morgan fingerprint density at radius 3 is 2.63 bits per heavy atom. The minimum Gasteiger partial charge on any atom is -0.477 e. The third-order valence-electron chi connectivity index (χ3n) is 5.82. The maximum atomic E-state index is 13.0. The first-order valence-corrected chi connectivity index (χ1v) is 11.3. The third-order valence-corrected chi connectivity index (χ3v) is 5.82. The summed E-state index contributed by atoms with van der Waals surface area (Å²) >= 11 is 0. The van der Waals surface area contributed by atoms with E-state index >= 15 is 0 Å². The Morgan fingerprint density at radius 2 is 1.91 bits per heavy atom. The zero-order valence-electron chi connectivity index (χ0n) is 19.4. The molecule has 4 rings (SSSR count). The average molecular weight is 486 g/mol. The number of halogens is 3. The molecule has 1 aliphatic rings. The lowest BCUT2D eigenvalue weighted by Gasteiger charge is -2.24. The first kappa shape index (κ1) is 24.6. The molecule has 7 nitrogen and oxygen atoms in total. The number of rotatable bonds is 6. The Balaban J connectivity index is 1.63. The molecule has 0 spiro atoms. The molecule has 0 radical (unpaired) electrons. The number of carbonyl (C=O) groups excluding carboxylic acids is 1. The lowest BCUT2D eigenvalue weighted by atomic mass is 9.91. The fraction of sp³-hybridized carbons (Fsp3) is 0.360. The van der Waals surface area contributed by atoms with E-state index in [1.54, 1.807) is 18.2 Å². The second-order valence-corrected chi connectivity index (χ2v) is 8.22. The molecule has 1 fully saturated rings. The Bertz CT molecular complexity index is 1210. The molecule has 1 saturated heterocycles. The summed E-state index contributed by atoms with van der Waals surface area (Å²) in [4.78, 5) is 16.4. The van der Waals surface area contributed by atoms with Crippen molar-refractivity contribution in [2.24, 2.45) is 0 Å². The fourth-order valence-corrected chi connectivity index (χ4v) is 3.98. The van der Waals surface area contributed by atoms with Crippen LogP contribution in [-0.2, 0) is 10.9 Å². The first-order chi connectivity index (χ1) is 16.8. The van der Waals surface area contributed by atoms with Crippen molar-refractivity contribution in [3.05, 3.63) is 65.0 Å². The van der Waals surface area contributed by atoms with E-state index < -0.39 is 17.6 Å². The molecule has 1 aromatic carbocycles. The fourth-order valence-electron chi connectivity index (χ4n) is 3.98. The van der Waals surface area contributed by atoms with Gasteiger partial charge in [-0.2, -0.15) is 13.2 Å². The van der Waals surface area contributed by atoms with E-state index in [4.69, 9.17) is 9.47 Å². The van der Waals surface area contributed by atoms with Gasteiger partial charge in [0.25, 0.3) is 5.91 Å². The molecule has 1 amide bonds. The van der Waals surface area contributed by atoms with Crippen LogP contribution in [0.1, 0.15) is 52.9 Å². The van der Waals surface area contributed by atoms with E-state index in [0.29, 0.717) is 37.1 Å². The molecule has 1 aliphatic heterocycles. The summed E-state index contributed by atoms with van der Waals surface area (Å²) in [6.45, 7) is 5.59. The zero-order chi connectivity index (χ0) is 25.0. The predicted octanol–water partition coefficient (Wildman–Crippen LogP) is 5.41. The highest BCUT2D eigenvalue weighted by Crippen LogP contribution is 2.35. The van der Waals surface area contributed by atoms with E-state index in [1.165, 1.54) is 0 Å². The van der Waals surface area contributed by atoms with E-state index in [0.717, 1.165) is 47.9 Å². The van der Waals surface area contributed by atoms with Crippen LogP contribution >= 0.6 is 0 Å². The third kappa shape index (κ3) is 5.76. The molecule has 184 valence electrons. The van der Waals surface area contributed by atoms with E-state index in [2.05, 4.69) is 20.5 Å². The van der Waals surface area contributed by atoms with Crippen LogP contribution in [0.2, 0.25) is 0 Å². The van der Waals surface area contributed by atoms with Gasteiger partial charge in [0.15, 0.2) is 0 Å². The standard InChI is InChI=1S/C25H25F3N4O3/c1-3-35-24-20(16-7-10-34-11-8-16)14-21(31-32-24)19-13-18(5-4-15(19)2)30-23(33)22-12-17(6-9-29-22)25(26,27)28/h4-6,9,12-14,16H,3,7-8,10-11H2,1-2H3,(H,30,33). The van der Waals surface area contributed by atoms with Gasteiger partial charge < -0.3 is 14.8 Å². The van der Waals surface area contributed by atoms with Crippen LogP contribution in [-0.4, -0.2) is 40.9 Å². The summed E-state index contributed by atoms with van der Waals surface area (Å²) < 4.78 is 50.2. The molecular weight excluding hydrogens is 461 g/mol. The Hall–Kier alpha value is -3.53. The van der Waals surface area contributed by atoms with Crippen molar-refractivity contribution < 1.29 is 27.4 Å². The van der Waals surface area contributed by atoms with Gasteiger partial charge in [-0.25, -0.2) is 0 Å². The van der Waals surface area contributed by atoms with Gasteiger partial charge in [-0.1, -0.05) is 6.07 Å². The van der Waals surface area contributed by atoms with Gasteiger partial charge in [0.2, 0.25) is 5.88 Å². The number of carbonyl (C=O) groups is 1. The van der Waals surface area contributed by atoms with E-state index in [9.17, 15) is 18.0 Å². The number of pyridine rings is 1. The van der Waals surface area contributed by atoms with Crippen LogP contribution in [0.3, 0.4) is 0 Å². The molecule has 1 N–H and O–H groups in total. The van der Waals surface area contributed by atoms with Crippen molar-refractivity contribution in [3.8, 4) is 17.1 Å². The van der Waals surface area contributed by atoms with Crippen molar-refractivity contribution in [1.29, 1.82) is 0 Å². The number of nitrogens with one attached hydrogen (secondary N) is 1. The van der Waals surface area contributed by atoms with Crippen molar-refractivity contribution in [3.63, 3.8) is 0 Å². The number of benzene rings is 1. The topological polar surface area (TPSA) is 86.2 Å². The molecule has 0 atom stereocenters. The highest BCUT2D eigenvalue weighted by atomic mass is 19.4. The quantitative estimate of drug-likeness (QED) is 0.501. The number of ether oxygens (including phenoxy) is 2. The normalized spacial score (nSPS) is 14.5. The molecule has 35 heavy (non-hydrogen) atoms. The minimum atomic E-state index is -4.57. The van der Waals surface area contributed by atoms with Gasteiger partial charge in [-0.05, 0) is 68.5 Å². The second-order valence-electron chi connectivity index (χ2n) is 8.22. The number of hydrogen-bond acceptors (Lipinski definition) is 6. The summed E-state index contributed by atoms with van der Waals surface area (Å²) in [6.07, 6.45) is -1.90. The molecule has 0 aliphatic carbocycles. The summed E-state index contributed by atoms with van der Waals surface area (Å²) in [5.41, 5.74) is 2.35. The molecule has 0 unspecified atom stereocenters. The van der Waals surface area contributed by atoms with Gasteiger partial charge in [-0.3, -0.25) is 9.78 Å². The molecule has 10 heteroatoms. The van der Waals surface area contributed by atoms with E-state index in [1.807, 2.05) is 19.9 Å². The van der Waals surface area contributed by atoms with Crippen molar-refractivity contribution >= 4 is 11.6 Å². The SMILES string of the molecule is CCOc1nnc(-c2cc(NC(=O)c3cc(C(F)(F)F)ccn3)ccc2C)cc1C1CCOCC1. The lowest BCUT2D eigenvalue weighted by Crippen LogP contribution is -2.16. The summed E-state index contributed by atoms with van der Waals surface area (Å²) in [5, 5.41) is 11.3. The van der Waals surface area contributed by atoms with Gasteiger partial charge in [0.1, 0.15) is 5.69 Å². The number of anilines is 1. The van der Waals surface area contributed by atoms with Crippen LogP contribution in [0.4, 0.5) is 18.9 Å². The number of amides is 1. The van der Waals surface area contributed by atoms with Crippen molar-refractivity contribution in [2.45, 2.75) is 38.8 Å². The molecule has 3 heterocycles. The minimum absolute atomic E-state index is 0.231. The number of aromatic nitrogens is 3.